The minimum Gasteiger partial charge on any atom is -0.495 e. The Kier molecular flexibility index (Phi) is 5.27. The van der Waals surface area contributed by atoms with Crippen molar-refractivity contribution in [3.05, 3.63) is 59.8 Å². The second-order valence-corrected chi connectivity index (χ2v) is 7.30. The Morgan fingerprint density at radius 2 is 2.00 bits per heavy atom. The second kappa shape index (κ2) is 8.02. The van der Waals surface area contributed by atoms with Gasteiger partial charge in [-0.15, -0.1) is 0 Å². The normalized spacial score (nSPS) is 14.9. The molecule has 7 nitrogen and oxygen atoms in total. The summed E-state index contributed by atoms with van der Waals surface area (Å²) in [6, 6.07) is 14.7. The summed E-state index contributed by atoms with van der Waals surface area (Å²) in [5, 5.41) is 10.4. The predicted octanol–water partition coefficient (Wildman–Crippen LogP) is 3.95. The SMILES string of the molecule is CCc1nn2c(c1-c1ccccc1)NC(=O)C2CC(=O)Nc1cc(C)ccc1OC. The summed E-state index contributed by atoms with van der Waals surface area (Å²) in [7, 11) is 1.55. The van der Waals surface area contributed by atoms with Gasteiger partial charge in [-0.25, -0.2) is 4.68 Å². The molecule has 0 radical (unpaired) electrons. The first-order valence-corrected chi connectivity index (χ1v) is 9.94. The summed E-state index contributed by atoms with van der Waals surface area (Å²) < 4.78 is 6.97. The lowest BCUT2D eigenvalue weighted by Crippen LogP contribution is -2.24. The number of fused-ring (bicyclic) bond motifs is 1. The summed E-state index contributed by atoms with van der Waals surface area (Å²) in [6.45, 7) is 3.96. The fourth-order valence-corrected chi connectivity index (χ4v) is 3.77. The van der Waals surface area contributed by atoms with E-state index in [0.717, 1.165) is 28.8 Å². The lowest BCUT2D eigenvalue weighted by atomic mass is 10.0. The maximum atomic E-state index is 12.7. The highest BCUT2D eigenvalue weighted by Gasteiger charge is 2.36. The van der Waals surface area contributed by atoms with Crippen molar-refractivity contribution in [2.24, 2.45) is 0 Å². The van der Waals surface area contributed by atoms with E-state index in [-0.39, 0.29) is 18.2 Å². The monoisotopic (exact) mass is 404 g/mol. The topological polar surface area (TPSA) is 85.2 Å². The van der Waals surface area contributed by atoms with E-state index in [0.29, 0.717) is 17.3 Å². The van der Waals surface area contributed by atoms with E-state index in [9.17, 15) is 9.59 Å². The van der Waals surface area contributed by atoms with Crippen molar-refractivity contribution >= 4 is 23.3 Å². The van der Waals surface area contributed by atoms with Crippen molar-refractivity contribution < 1.29 is 14.3 Å². The molecule has 30 heavy (non-hydrogen) atoms. The van der Waals surface area contributed by atoms with Gasteiger partial charge in [0.1, 0.15) is 17.6 Å². The number of amides is 2. The molecular formula is C23H24N4O3. The first-order chi connectivity index (χ1) is 14.5. The smallest absolute Gasteiger partial charge is 0.251 e. The van der Waals surface area contributed by atoms with Crippen molar-refractivity contribution in [1.82, 2.24) is 9.78 Å². The number of hydrogen-bond donors (Lipinski definition) is 2. The van der Waals surface area contributed by atoms with Crippen molar-refractivity contribution in [2.45, 2.75) is 32.7 Å². The van der Waals surface area contributed by atoms with Crippen LogP contribution in [0.25, 0.3) is 11.1 Å². The molecule has 7 heteroatoms. The maximum absolute atomic E-state index is 12.7. The van der Waals surface area contributed by atoms with Crippen LogP contribution in [-0.4, -0.2) is 28.7 Å². The Bertz CT molecular complexity index is 1110. The molecule has 2 heterocycles. The lowest BCUT2D eigenvalue weighted by molar-refractivity contribution is -0.123. The first-order valence-electron chi connectivity index (χ1n) is 9.94. The Labute approximate surface area is 175 Å². The number of hydrogen-bond acceptors (Lipinski definition) is 4. The molecule has 2 aromatic carbocycles. The summed E-state index contributed by atoms with van der Waals surface area (Å²) in [6.07, 6.45) is 0.703. The molecule has 154 valence electrons. The number of nitrogens with zero attached hydrogens (tertiary/aromatic N) is 2. The van der Waals surface area contributed by atoms with Crippen molar-refractivity contribution in [3.8, 4) is 16.9 Å². The van der Waals surface area contributed by atoms with Crippen LogP contribution in [0, 0.1) is 6.92 Å². The Morgan fingerprint density at radius 1 is 1.23 bits per heavy atom. The quantitative estimate of drug-likeness (QED) is 0.651. The van der Waals surface area contributed by atoms with Gasteiger partial charge in [0.25, 0.3) is 5.91 Å². The molecule has 1 atom stereocenters. The summed E-state index contributed by atoms with van der Waals surface area (Å²) in [5.41, 5.74) is 4.38. The van der Waals surface area contributed by atoms with Crippen LogP contribution in [-0.2, 0) is 16.0 Å². The lowest BCUT2D eigenvalue weighted by Gasteiger charge is -2.13. The van der Waals surface area contributed by atoms with Gasteiger partial charge in [-0.05, 0) is 36.6 Å². The van der Waals surface area contributed by atoms with Crippen molar-refractivity contribution in [3.63, 3.8) is 0 Å². The van der Waals surface area contributed by atoms with Gasteiger partial charge in [-0.2, -0.15) is 5.10 Å². The summed E-state index contributed by atoms with van der Waals surface area (Å²) in [4.78, 5) is 25.4. The molecule has 1 aliphatic heterocycles. The van der Waals surface area contributed by atoms with Crippen molar-refractivity contribution in [2.75, 3.05) is 17.7 Å². The largest absolute Gasteiger partial charge is 0.495 e. The summed E-state index contributed by atoms with van der Waals surface area (Å²) in [5.74, 6) is 0.712. The van der Waals surface area contributed by atoms with Crippen LogP contribution < -0.4 is 15.4 Å². The maximum Gasteiger partial charge on any atom is 0.251 e. The molecule has 1 aliphatic rings. The van der Waals surface area contributed by atoms with Crippen molar-refractivity contribution in [1.29, 1.82) is 0 Å². The Morgan fingerprint density at radius 3 is 2.70 bits per heavy atom. The number of ether oxygens (including phenoxy) is 1. The molecular weight excluding hydrogens is 380 g/mol. The van der Waals surface area contributed by atoms with E-state index >= 15 is 0 Å². The van der Waals surface area contributed by atoms with Crippen LogP contribution in [0.1, 0.15) is 30.6 Å². The molecule has 1 aromatic heterocycles. The van der Waals surface area contributed by atoms with Gasteiger partial charge in [0.05, 0.1) is 24.9 Å². The van der Waals surface area contributed by atoms with Gasteiger partial charge < -0.3 is 15.4 Å². The van der Waals surface area contributed by atoms with Gasteiger partial charge in [0.2, 0.25) is 5.91 Å². The van der Waals surface area contributed by atoms with Gasteiger partial charge in [0, 0.05) is 5.56 Å². The van der Waals surface area contributed by atoms with Gasteiger partial charge in [-0.1, -0.05) is 43.3 Å². The number of methoxy groups -OCH3 is 1. The van der Waals surface area contributed by atoms with Crippen LogP contribution in [0.2, 0.25) is 0 Å². The molecule has 0 saturated carbocycles. The second-order valence-electron chi connectivity index (χ2n) is 7.30. The fraction of sp³-hybridized carbons (Fsp3) is 0.261. The zero-order valence-electron chi connectivity index (χ0n) is 17.2. The standard InChI is InChI=1S/C23H24N4O3/c1-4-16-21(15-8-6-5-7-9-15)22-25-23(29)18(27(22)26-16)13-20(28)24-17-12-14(2)10-11-19(17)30-3/h5-12,18H,4,13H2,1-3H3,(H,24,28)(H,25,29). The number of aryl methyl sites for hydroxylation is 2. The fourth-order valence-electron chi connectivity index (χ4n) is 3.77. The van der Waals surface area contributed by atoms with Crippen LogP contribution in [0.5, 0.6) is 5.75 Å². The molecule has 0 saturated heterocycles. The van der Waals surface area contributed by atoms with E-state index < -0.39 is 6.04 Å². The average molecular weight is 404 g/mol. The van der Waals surface area contributed by atoms with E-state index in [4.69, 9.17) is 4.74 Å². The summed E-state index contributed by atoms with van der Waals surface area (Å²) >= 11 is 0. The van der Waals surface area contributed by atoms with Crippen LogP contribution in [0.3, 0.4) is 0 Å². The van der Waals surface area contributed by atoms with E-state index in [1.807, 2.05) is 56.3 Å². The highest BCUT2D eigenvalue weighted by atomic mass is 16.5. The molecule has 4 rings (SSSR count). The zero-order valence-corrected chi connectivity index (χ0v) is 17.2. The molecule has 2 amide bonds. The first kappa shape index (κ1) is 19.7. The van der Waals surface area contributed by atoms with E-state index in [1.165, 1.54) is 0 Å². The van der Waals surface area contributed by atoms with E-state index in [2.05, 4.69) is 15.7 Å². The molecule has 3 aromatic rings. The van der Waals surface area contributed by atoms with Gasteiger partial charge in [0.15, 0.2) is 0 Å². The van der Waals surface area contributed by atoms with Gasteiger partial charge in [-0.3, -0.25) is 9.59 Å². The number of anilines is 2. The van der Waals surface area contributed by atoms with E-state index in [1.54, 1.807) is 17.9 Å². The molecule has 0 bridgehead atoms. The molecule has 0 aliphatic carbocycles. The number of nitrogens with one attached hydrogen (secondary N) is 2. The molecule has 0 fully saturated rings. The number of benzene rings is 2. The minimum absolute atomic E-state index is 0.0189. The molecule has 1 unspecified atom stereocenters. The molecule has 2 N–H and O–H groups in total. The van der Waals surface area contributed by atoms with Crippen LogP contribution in [0.15, 0.2) is 48.5 Å². The predicted molar refractivity (Wildman–Crippen MR) is 116 cm³/mol. The van der Waals surface area contributed by atoms with Crippen LogP contribution in [0.4, 0.5) is 11.5 Å². The Balaban J connectivity index is 1.61. The van der Waals surface area contributed by atoms with Crippen LogP contribution >= 0.6 is 0 Å². The third-order valence-electron chi connectivity index (χ3n) is 5.23. The average Bonchev–Trinajstić information content (AvgIpc) is 3.24. The third kappa shape index (κ3) is 3.54. The Hall–Kier alpha value is -3.61. The van der Waals surface area contributed by atoms with Gasteiger partial charge >= 0.3 is 0 Å². The number of carbonyl (C=O) groups excluding carboxylic acids is 2. The third-order valence-corrected chi connectivity index (χ3v) is 5.23. The minimum atomic E-state index is -0.696. The molecule has 0 spiro atoms. The number of aromatic nitrogens is 2. The zero-order chi connectivity index (χ0) is 21.3. The number of carbonyl (C=O) groups is 2. The highest BCUT2D eigenvalue weighted by molar-refractivity contribution is 6.04. The highest BCUT2D eigenvalue weighted by Crippen LogP contribution is 2.38. The number of rotatable bonds is 6.